The van der Waals surface area contributed by atoms with Crippen LogP contribution in [-0.4, -0.2) is 73.0 Å². The number of hydrogen-bond acceptors (Lipinski definition) is 8. The van der Waals surface area contributed by atoms with Gasteiger partial charge in [-0.25, -0.2) is 0 Å². The topological polar surface area (TPSA) is 189 Å². The maximum Gasteiger partial charge on any atom is 0.161 e. The number of benzene rings is 4. The number of carbonyl (C=O) groups is 2. The number of carbonyl (C=O) groups excluding carboxylic acids is 2. The predicted octanol–water partition coefficient (Wildman–Crippen LogP) is 10.4. The highest BCUT2D eigenvalue weighted by atomic mass is 16.5. The van der Waals surface area contributed by atoms with Gasteiger partial charge in [0.2, 0.25) is 0 Å². The summed E-state index contributed by atoms with van der Waals surface area (Å²) in [7, 11) is 0. The first-order valence-corrected chi connectivity index (χ1v) is 26.1. The number of H-pyrrole nitrogens is 1. The number of aromatic hydroxyl groups is 2. The molecule has 2 aromatic heterocycles. The van der Waals surface area contributed by atoms with Gasteiger partial charge in [0.1, 0.15) is 11.5 Å². The number of Topliss-reactive ketones (excluding diaryl/α,β-unsaturated/α-hetero) is 2. The molecule has 1 fully saturated rings. The molecule has 0 amide bonds. The Balaban J connectivity index is 1.01. The first kappa shape index (κ1) is 48.4. The highest BCUT2D eigenvalue weighted by Gasteiger charge is 2.44. The second-order valence-electron chi connectivity index (χ2n) is 21.0. The van der Waals surface area contributed by atoms with Crippen LogP contribution in [0.4, 0.5) is 5.82 Å². The van der Waals surface area contributed by atoms with Gasteiger partial charge in [-0.15, -0.1) is 5.69 Å². The number of nitrogens with one attached hydrogen (secondary N) is 1. The van der Waals surface area contributed by atoms with E-state index in [1.165, 1.54) is 0 Å². The van der Waals surface area contributed by atoms with E-state index in [2.05, 4.69) is 35.3 Å². The number of phenolic OH excluding ortho intramolecular Hbond substituents is 2. The third-order valence-corrected chi connectivity index (χ3v) is 16.3. The molecule has 4 aliphatic carbocycles. The van der Waals surface area contributed by atoms with Crippen LogP contribution in [0, 0.1) is 11.8 Å². The third kappa shape index (κ3) is 9.86. The van der Waals surface area contributed by atoms with Crippen molar-refractivity contribution >= 4 is 29.5 Å². The van der Waals surface area contributed by atoms with Crippen LogP contribution in [0.2, 0.25) is 0 Å². The molecule has 376 valence electrons. The number of hydrogen-bond donors (Lipinski definition) is 6. The molecule has 73 heavy (non-hydrogen) atoms. The second kappa shape index (κ2) is 20.5. The van der Waals surface area contributed by atoms with Gasteiger partial charge in [0.15, 0.2) is 17.3 Å². The lowest BCUT2D eigenvalue weighted by Gasteiger charge is -2.40. The van der Waals surface area contributed by atoms with Crippen molar-refractivity contribution in [1.82, 2.24) is 9.97 Å². The number of aliphatic hydroxyl groups is 3. The zero-order valence-corrected chi connectivity index (χ0v) is 41.0. The van der Waals surface area contributed by atoms with E-state index in [4.69, 9.17) is 15.0 Å². The number of allylic oxidation sites excluding steroid dienone is 1. The van der Waals surface area contributed by atoms with Crippen molar-refractivity contribution in [3.8, 4) is 17.2 Å². The van der Waals surface area contributed by atoms with Crippen LogP contribution in [0.25, 0.3) is 17.5 Å². The minimum absolute atomic E-state index is 0.00724. The maximum absolute atomic E-state index is 15.7. The SMILES string of the molecule is O=C1CCc2cc(c(O)c(OC3CCCC3)c2)Cc2ccc3c(c2)[C@H](C=C[C@H]3[C@H](O)Cc2ccccc2)c2cc[nH]c2[N-]CC2=Cc3[n-]ccc3[C@H](C[C@]3(O)C=Cc4c(O)cccc4CC3)[C@@H]2C(=O)[C@H]1CCO. The second-order valence-corrected chi connectivity index (χ2v) is 21.0. The Labute approximate surface area is 426 Å². The Kier molecular flexibility index (Phi) is 13.6. The smallest absolute Gasteiger partial charge is 0.161 e. The van der Waals surface area contributed by atoms with Crippen LogP contribution in [0.3, 0.4) is 0 Å². The summed E-state index contributed by atoms with van der Waals surface area (Å²) >= 11 is 0. The standard InChI is InChI=1S/C62H63N3O8/c66-28-23-50-55(68)18-14-39-30-41(59(70)57(33-39)73-43-10-4-5-11-43)29-38-13-15-45-48(56(69)32-37-7-2-1-3-8-37)17-16-46(51(45)31-38)49-22-27-64-61(49)65-36-42-34-53-47(21-26-63-53)52(58(42)60(50)71)35-62(72)24-19-40-9-6-12-54(67)44(40)20-25-62/h1-3,6-9,12-13,15-17,20-22,25-27,30-31,33-34,43,46,48,50,52,56,58,64,66-67,69-70,72H,4-5,10-11,14,18-19,23-24,28-29,32,35-36H2/q-2/t46-,48-,50+,52+,56-,58-,62-/m1/s1. The Morgan fingerprint density at radius 2 is 1.68 bits per heavy atom. The summed E-state index contributed by atoms with van der Waals surface area (Å²) in [6.07, 6.45) is 18.4. The summed E-state index contributed by atoms with van der Waals surface area (Å²) in [6, 6.07) is 29.4. The zero-order valence-electron chi connectivity index (χ0n) is 41.0. The van der Waals surface area contributed by atoms with Crippen molar-refractivity contribution < 1.29 is 39.9 Å². The third-order valence-electron chi connectivity index (χ3n) is 16.3. The van der Waals surface area contributed by atoms with Crippen LogP contribution >= 0.6 is 0 Å². The molecule has 5 aliphatic rings. The van der Waals surface area contributed by atoms with E-state index in [9.17, 15) is 30.3 Å². The molecule has 7 atom stereocenters. The highest BCUT2D eigenvalue weighted by Crippen LogP contribution is 2.49. The van der Waals surface area contributed by atoms with Gasteiger partial charge in [-0.3, -0.25) is 9.59 Å². The number of nitrogens with zero attached hydrogens (tertiary/aromatic N) is 2. The minimum atomic E-state index is -1.40. The molecule has 4 aromatic carbocycles. The molecule has 6 aromatic rings. The Bertz CT molecular complexity index is 3100. The fraction of sp³-hybridized carbons (Fsp3) is 0.355. The molecule has 0 spiro atoms. The molecular formula is C62H63N3O8-2. The molecule has 0 radical (unpaired) electrons. The number of phenols is 2. The lowest BCUT2D eigenvalue weighted by molar-refractivity contribution is -0.135. The summed E-state index contributed by atoms with van der Waals surface area (Å²) in [4.78, 5) is 38.5. The van der Waals surface area contributed by atoms with Crippen LogP contribution in [0.15, 0.2) is 127 Å². The molecule has 11 nitrogen and oxygen atoms in total. The van der Waals surface area contributed by atoms with E-state index in [0.29, 0.717) is 59.6 Å². The molecule has 3 heterocycles. The summed E-state index contributed by atoms with van der Waals surface area (Å²) in [6.45, 7) is -0.300. The molecule has 1 aliphatic heterocycles. The van der Waals surface area contributed by atoms with Crippen LogP contribution < -0.4 is 9.72 Å². The van der Waals surface area contributed by atoms with E-state index >= 15 is 4.79 Å². The van der Waals surface area contributed by atoms with Gasteiger partial charge in [-0.1, -0.05) is 132 Å². The van der Waals surface area contributed by atoms with E-state index in [-0.39, 0.29) is 79.8 Å². The monoisotopic (exact) mass is 977 g/mol. The molecule has 1 saturated carbocycles. The highest BCUT2D eigenvalue weighted by molar-refractivity contribution is 6.05. The summed E-state index contributed by atoms with van der Waals surface area (Å²) < 4.78 is 6.53. The van der Waals surface area contributed by atoms with Crippen molar-refractivity contribution in [3.63, 3.8) is 0 Å². The van der Waals surface area contributed by atoms with E-state index < -0.39 is 29.5 Å². The quantitative estimate of drug-likeness (QED) is 0.0605. The largest absolute Gasteiger partial charge is 0.664 e. The molecule has 11 rings (SSSR count). The van der Waals surface area contributed by atoms with Gasteiger partial charge in [0.25, 0.3) is 0 Å². The lowest BCUT2D eigenvalue weighted by atomic mass is 9.66. The fourth-order valence-electron chi connectivity index (χ4n) is 12.5. The van der Waals surface area contributed by atoms with Crippen LogP contribution in [0.1, 0.15) is 130 Å². The normalized spacial score (nSPS) is 24.4. The molecule has 4 bridgehead atoms. The van der Waals surface area contributed by atoms with Crippen LogP contribution in [0.5, 0.6) is 17.2 Å². The zero-order chi connectivity index (χ0) is 50.2. The van der Waals surface area contributed by atoms with Gasteiger partial charge in [0, 0.05) is 48.3 Å². The number of aliphatic hydroxyl groups excluding tert-OH is 2. The summed E-state index contributed by atoms with van der Waals surface area (Å²) in [5.41, 5.74) is 8.63. The van der Waals surface area contributed by atoms with Gasteiger partial charge < -0.3 is 45.6 Å². The number of aromatic amines is 1. The van der Waals surface area contributed by atoms with Crippen LogP contribution in [-0.2, 0) is 35.3 Å². The van der Waals surface area contributed by atoms with Gasteiger partial charge >= 0.3 is 0 Å². The Morgan fingerprint density at radius 1 is 0.836 bits per heavy atom. The Morgan fingerprint density at radius 3 is 2.52 bits per heavy atom. The van der Waals surface area contributed by atoms with Gasteiger partial charge in [-0.05, 0) is 128 Å². The van der Waals surface area contributed by atoms with Crippen molar-refractivity contribution in [2.24, 2.45) is 11.8 Å². The van der Waals surface area contributed by atoms with E-state index in [1.807, 2.05) is 72.9 Å². The average molecular weight is 978 g/mol. The molecule has 11 heteroatoms. The minimum Gasteiger partial charge on any atom is -0.664 e. The number of aryl methyl sites for hydroxylation is 2. The van der Waals surface area contributed by atoms with Crippen molar-refractivity contribution in [1.29, 1.82) is 0 Å². The maximum atomic E-state index is 15.7. The van der Waals surface area contributed by atoms with E-state index in [0.717, 1.165) is 70.2 Å². The number of rotatable bonds is 9. The first-order valence-electron chi connectivity index (χ1n) is 26.1. The molecule has 0 unspecified atom stereocenters. The molecule has 0 saturated heterocycles. The van der Waals surface area contributed by atoms with Gasteiger partial charge in [0.05, 0.1) is 23.7 Å². The average Bonchev–Trinajstić information content (AvgIpc) is 4.18. The Hall–Kier alpha value is -6.92. The van der Waals surface area contributed by atoms with Crippen molar-refractivity contribution in [2.75, 3.05) is 13.2 Å². The number of ether oxygens (including phenoxy) is 1. The predicted molar refractivity (Wildman–Crippen MR) is 281 cm³/mol. The van der Waals surface area contributed by atoms with Crippen molar-refractivity contribution in [3.05, 3.63) is 194 Å². The lowest BCUT2D eigenvalue weighted by Crippen LogP contribution is -2.40. The summed E-state index contributed by atoms with van der Waals surface area (Å²) in [5, 5.41) is 63.1. The molecular weight excluding hydrogens is 915 g/mol. The van der Waals surface area contributed by atoms with Gasteiger partial charge in [-0.2, -0.15) is 6.20 Å². The fourth-order valence-corrected chi connectivity index (χ4v) is 12.5. The first-order chi connectivity index (χ1) is 35.5. The number of aromatic nitrogens is 2. The number of fused-ring (bicyclic) bond motifs is 8. The number of ketones is 2. The summed E-state index contributed by atoms with van der Waals surface area (Å²) in [5.74, 6) is -2.70. The van der Waals surface area contributed by atoms with E-state index in [1.54, 1.807) is 30.5 Å². The van der Waals surface area contributed by atoms with Crippen molar-refractivity contribution in [2.45, 2.75) is 113 Å². The molecule has 6 N–H and O–H groups in total.